The number of carbonyl (C=O) groups is 2. The highest BCUT2D eigenvalue weighted by molar-refractivity contribution is 7.89. The molecule has 0 bridgehead atoms. The number of amides is 2. The van der Waals surface area contributed by atoms with Gasteiger partial charge in [0.05, 0.1) is 11.3 Å². The summed E-state index contributed by atoms with van der Waals surface area (Å²) in [7, 11) is -3.43. The van der Waals surface area contributed by atoms with E-state index in [0.717, 1.165) is 10.5 Å². The summed E-state index contributed by atoms with van der Waals surface area (Å²) in [5.74, 6) is -2.02. The minimum atomic E-state index is -5.01. The third-order valence-corrected chi connectivity index (χ3v) is 8.28. The number of hydrogen-bond acceptors (Lipinski definition) is 5. The number of carbonyl (C=O) groups excluding carboxylic acids is 2. The Morgan fingerprint density at radius 3 is 2.36 bits per heavy atom. The molecule has 4 rings (SSSR count). The Labute approximate surface area is 205 Å². The van der Waals surface area contributed by atoms with E-state index in [0.29, 0.717) is 22.6 Å². The van der Waals surface area contributed by atoms with Crippen molar-refractivity contribution >= 4 is 21.8 Å². The van der Waals surface area contributed by atoms with Crippen molar-refractivity contribution in [3.05, 3.63) is 68.6 Å². The average Bonchev–Trinajstić information content (AvgIpc) is 3.15. The molecule has 2 aromatic rings. The van der Waals surface area contributed by atoms with E-state index >= 15 is 0 Å². The van der Waals surface area contributed by atoms with Gasteiger partial charge in [0.1, 0.15) is 11.3 Å². The minimum Gasteiger partial charge on any atom is -0.348 e. The fourth-order valence-corrected chi connectivity index (χ4v) is 5.85. The lowest BCUT2D eigenvalue weighted by Crippen LogP contribution is -2.49. The molecule has 0 saturated carbocycles. The van der Waals surface area contributed by atoms with Crippen molar-refractivity contribution in [1.29, 1.82) is 0 Å². The van der Waals surface area contributed by atoms with Gasteiger partial charge in [-0.05, 0) is 25.0 Å². The zero-order chi connectivity index (χ0) is 26.3. The lowest BCUT2D eigenvalue weighted by atomic mass is 10.1. The molecule has 1 N–H and O–H groups in total. The Morgan fingerprint density at radius 1 is 1.06 bits per heavy atom. The molecule has 2 aliphatic rings. The van der Waals surface area contributed by atoms with Crippen molar-refractivity contribution in [1.82, 2.24) is 19.1 Å². The monoisotopic (exact) mass is 526 g/mol. The normalized spacial score (nSPS) is 17.8. The number of aromatic nitrogens is 1. The van der Waals surface area contributed by atoms with Crippen LogP contribution in [0.4, 0.5) is 13.2 Å². The number of aryl methyl sites for hydroxylation is 1. The summed E-state index contributed by atoms with van der Waals surface area (Å²) in [6, 6.07) is 7.54. The number of nitrogens with zero attached hydrogens (tertiary/aromatic N) is 3. The predicted octanol–water partition coefficient (Wildman–Crippen LogP) is 1.60. The molecule has 1 fully saturated rings. The first-order valence-electron chi connectivity index (χ1n) is 11.3. The summed E-state index contributed by atoms with van der Waals surface area (Å²) in [4.78, 5) is 39.8. The topological polar surface area (TPSA) is 109 Å². The molecule has 3 heterocycles. The molecular formula is C23H25F3N4O5S. The van der Waals surface area contributed by atoms with Crippen molar-refractivity contribution in [2.75, 3.05) is 31.9 Å². The van der Waals surface area contributed by atoms with Gasteiger partial charge < -0.3 is 14.8 Å². The highest BCUT2D eigenvalue weighted by Crippen LogP contribution is 2.33. The highest BCUT2D eigenvalue weighted by Gasteiger charge is 2.42. The highest BCUT2D eigenvalue weighted by atomic mass is 32.2. The number of sulfonamides is 1. The summed E-state index contributed by atoms with van der Waals surface area (Å²) < 4.78 is 67.8. The van der Waals surface area contributed by atoms with Crippen LogP contribution >= 0.6 is 0 Å². The predicted molar refractivity (Wildman–Crippen MR) is 124 cm³/mol. The maximum atomic E-state index is 14.0. The lowest BCUT2D eigenvalue weighted by Gasteiger charge is -2.32. The van der Waals surface area contributed by atoms with Gasteiger partial charge in [-0.2, -0.15) is 13.2 Å². The molecule has 13 heteroatoms. The SMILES string of the molecule is Cc1ccc(CNC(=O)c2cc(C(F)(F)F)c3n(c2=O)CCN(CCN2CCCS2(=O)=O)C3=O)cc1. The summed E-state index contributed by atoms with van der Waals surface area (Å²) in [5, 5.41) is 2.46. The number of benzene rings is 1. The quantitative estimate of drug-likeness (QED) is 0.615. The molecular weight excluding hydrogens is 501 g/mol. The molecule has 0 spiro atoms. The summed E-state index contributed by atoms with van der Waals surface area (Å²) in [6.45, 7) is 1.68. The molecule has 1 saturated heterocycles. The smallest absolute Gasteiger partial charge is 0.348 e. The second-order valence-corrected chi connectivity index (χ2v) is 10.9. The van der Waals surface area contributed by atoms with E-state index in [1.807, 2.05) is 19.1 Å². The summed E-state index contributed by atoms with van der Waals surface area (Å²) in [6.07, 6.45) is -4.56. The van der Waals surface area contributed by atoms with Gasteiger partial charge in [-0.1, -0.05) is 29.8 Å². The third-order valence-electron chi connectivity index (χ3n) is 6.32. The van der Waals surface area contributed by atoms with Crippen LogP contribution in [0.3, 0.4) is 0 Å². The Kier molecular flexibility index (Phi) is 6.97. The minimum absolute atomic E-state index is 0.00771. The summed E-state index contributed by atoms with van der Waals surface area (Å²) in [5.41, 5.74) is -2.23. The molecule has 0 unspecified atom stereocenters. The Morgan fingerprint density at radius 2 is 1.75 bits per heavy atom. The van der Waals surface area contributed by atoms with E-state index < -0.39 is 50.4 Å². The molecule has 36 heavy (non-hydrogen) atoms. The van der Waals surface area contributed by atoms with E-state index in [2.05, 4.69) is 5.32 Å². The Hall–Kier alpha value is -3.19. The van der Waals surface area contributed by atoms with Crippen LogP contribution in [0.15, 0.2) is 35.1 Å². The van der Waals surface area contributed by atoms with Crippen LogP contribution in [-0.4, -0.2) is 65.9 Å². The number of halogens is 3. The van der Waals surface area contributed by atoms with Crippen molar-refractivity contribution in [3.8, 4) is 0 Å². The molecule has 1 aromatic heterocycles. The van der Waals surface area contributed by atoms with Gasteiger partial charge in [-0.25, -0.2) is 12.7 Å². The maximum absolute atomic E-state index is 14.0. The molecule has 2 amide bonds. The number of alkyl halides is 3. The zero-order valence-electron chi connectivity index (χ0n) is 19.5. The molecule has 1 aromatic carbocycles. The molecule has 9 nitrogen and oxygen atoms in total. The first-order valence-corrected chi connectivity index (χ1v) is 13.0. The van der Waals surface area contributed by atoms with E-state index in [-0.39, 0.29) is 45.0 Å². The fraction of sp³-hybridized carbons (Fsp3) is 0.435. The van der Waals surface area contributed by atoms with Crippen LogP contribution < -0.4 is 10.9 Å². The van der Waals surface area contributed by atoms with E-state index in [1.54, 1.807) is 12.1 Å². The average molecular weight is 527 g/mol. The molecule has 0 aliphatic carbocycles. The Balaban J connectivity index is 1.60. The summed E-state index contributed by atoms with van der Waals surface area (Å²) >= 11 is 0. The third kappa shape index (κ3) is 5.16. The van der Waals surface area contributed by atoms with E-state index in [4.69, 9.17) is 0 Å². The van der Waals surface area contributed by atoms with Crippen molar-refractivity contribution in [3.63, 3.8) is 0 Å². The van der Waals surface area contributed by atoms with Gasteiger partial charge in [0.25, 0.3) is 17.4 Å². The van der Waals surface area contributed by atoms with E-state index in [9.17, 15) is 36.0 Å². The molecule has 194 valence electrons. The van der Waals surface area contributed by atoms with E-state index in [1.165, 1.54) is 4.31 Å². The van der Waals surface area contributed by atoms with Crippen molar-refractivity contribution < 1.29 is 31.2 Å². The van der Waals surface area contributed by atoms with Crippen LogP contribution in [-0.2, 0) is 29.3 Å². The van der Waals surface area contributed by atoms with Crippen LogP contribution in [0.2, 0.25) is 0 Å². The number of pyridine rings is 1. The first-order chi connectivity index (χ1) is 16.9. The molecule has 0 atom stereocenters. The lowest BCUT2D eigenvalue weighted by molar-refractivity contribution is -0.138. The standard InChI is InChI=1S/C23H25F3N4O5S/c1-15-3-5-16(6-4-15)14-27-20(31)17-13-18(23(24,25)26)19-22(33)28(9-11-30(19)21(17)32)8-10-29-7-2-12-36(29,34)35/h3-6,13H,2,7-12,14H2,1H3,(H,27,31). The van der Waals surface area contributed by atoms with Gasteiger partial charge in [-0.15, -0.1) is 0 Å². The van der Waals surface area contributed by atoms with Crippen LogP contribution in [0.5, 0.6) is 0 Å². The number of rotatable bonds is 6. The van der Waals surface area contributed by atoms with Gasteiger partial charge in [0.15, 0.2) is 0 Å². The number of hydrogen-bond donors (Lipinski definition) is 1. The van der Waals surface area contributed by atoms with Gasteiger partial charge in [0.2, 0.25) is 10.0 Å². The maximum Gasteiger partial charge on any atom is 0.418 e. The van der Waals surface area contributed by atoms with Crippen molar-refractivity contribution in [2.45, 2.75) is 32.6 Å². The van der Waals surface area contributed by atoms with Gasteiger partial charge in [0, 0.05) is 39.3 Å². The van der Waals surface area contributed by atoms with Crippen molar-refractivity contribution in [2.24, 2.45) is 0 Å². The van der Waals surface area contributed by atoms with Crippen LogP contribution in [0, 0.1) is 6.92 Å². The largest absolute Gasteiger partial charge is 0.418 e. The second-order valence-electron chi connectivity index (χ2n) is 8.80. The molecule has 0 radical (unpaired) electrons. The second kappa shape index (κ2) is 9.69. The Bertz CT molecular complexity index is 1350. The zero-order valence-corrected chi connectivity index (χ0v) is 20.3. The van der Waals surface area contributed by atoms with Crippen LogP contribution in [0.1, 0.15) is 44.0 Å². The van der Waals surface area contributed by atoms with Crippen LogP contribution in [0.25, 0.3) is 0 Å². The first kappa shape index (κ1) is 25.9. The van der Waals surface area contributed by atoms with Gasteiger partial charge in [-0.3, -0.25) is 14.4 Å². The number of fused-ring (bicyclic) bond motifs is 1. The van der Waals surface area contributed by atoms with Gasteiger partial charge >= 0.3 is 6.18 Å². The number of nitrogens with one attached hydrogen (secondary N) is 1. The molecule has 2 aliphatic heterocycles. The fourth-order valence-electron chi connectivity index (χ4n) is 4.33.